The van der Waals surface area contributed by atoms with Crippen LogP contribution in [-0.4, -0.2) is 24.6 Å². The minimum atomic E-state index is -2.01. The van der Waals surface area contributed by atoms with Crippen LogP contribution in [0.2, 0.25) is 0 Å². The summed E-state index contributed by atoms with van der Waals surface area (Å²) in [5.74, 6) is 0. The lowest BCUT2D eigenvalue weighted by atomic mass is 10.9. The summed E-state index contributed by atoms with van der Waals surface area (Å²) in [4.78, 5) is 0. The van der Waals surface area contributed by atoms with Gasteiger partial charge in [-0.25, -0.2) is 0 Å². The highest BCUT2D eigenvalue weighted by molar-refractivity contribution is 8.69. The molecular formula is C6H15O2PS3. The Bertz CT molecular complexity index is 144. The van der Waals surface area contributed by atoms with Crippen LogP contribution in [0.5, 0.6) is 0 Å². The van der Waals surface area contributed by atoms with E-state index in [4.69, 9.17) is 20.9 Å². The van der Waals surface area contributed by atoms with Crippen molar-refractivity contribution in [1.82, 2.24) is 0 Å². The average molecular weight is 246 g/mol. The first kappa shape index (κ1) is 13.3. The minimum Gasteiger partial charge on any atom is -0.322 e. The summed E-state index contributed by atoms with van der Waals surface area (Å²) in [5, 5.41) is 0.942. The van der Waals surface area contributed by atoms with Crippen LogP contribution in [0.15, 0.2) is 0 Å². The number of hydrogen-bond acceptors (Lipinski definition) is 5. The van der Waals surface area contributed by atoms with Crippen LogP contribution in [-0.2, 0) is 20.9 Å². The fourth-order valence-corrected chi connectivity index (χ4v) is 7.32. The summed E-state index contributed by atoms with van der Waals surface area (Å²) in [6.07, 6.45) is 2.05. The van der Waals surface area contributed by atoms with Crippen molar-refractivity contribution in [3.8, 4) is 0 Å². The van der Waals surface area contributed by atoms with Gasteiger partial charge in [0, 0.05) is 5.08 Å². The molecule has 0 saturated heterocycles. The highest BCUT2D eigenvalue weighted by Gasteiger charge is 2.17. The first-order valence-electron chi connectivity index (χ1n) is 3.71. The predicted molar refractivity (Wildman–Crippen MR) is 63.5 cm³/mol. The molecule has 0 heterocycles. The molecule has 12 heavy (non-hydrogen) atoms. The first-order valence-corrected chi connectivity index (χ1v) is 9.33. The van der Waals surface area contributed by atoms with Crippen LogP contribution < -0.4 is 0 Å². The molecular weight excluding hydrogens is 231 g/mol. The highest BCUT2D eigenvalue weighted by Crippen LogP contribution is 2.61. The molecule has 0 fully saturated rings. The standard InChI is InChI=1S/C6H15O2PS3/c1-4-7-9(10,8-5-2)12-6-11-3/h4-6H2,1-3H3. The average Bonchev–Trinajstić information content (AvgIpc) is 2.02. The Labute approximate surface area is 88.1 Å². The molecule has 0 atom stereocenters. The molecule has 0 aromatic carbocycles. The Kier molecular flexibility index (Phi) is 8.46. The zero-order valence-corrected chi connectivity index (χ0v) is 11.0. The van der Waals surface area contributed by atoms with Gasteiger partial charge in [-0.2, -0.15) is 11.8 Å². The molecule has 0 unspecified atom stereocenters. The molecule has 0 rings (SSSR count). The van der Waals surface area contributed by atoms with Crippen LogP contribution in [0.4, 0.5) is 0 Å². The molecule has 0 spiro atoms. The van der Waals surface area contributed by atoms with Gasteiger partial charge in [-0.15, -0.1) is 0 Å². The van der Waals surface area contributed by atoms with E-state index in [9.17, 15) is 0 Å². The van der Waals surface area contributed by atoms with E-state index in [2.05, 4.69) is 0 Å². The smallest absolute Gasteiger partial charge is 0.248 e. The normalized spacial score (nSPS) is 11.9. The molecule has 0 aliphatic rings. The lowest BCUT2D eigenvalue weighted by Gasteiger charge is -2.19. The molecule has 0 aromatic rings. The minimum absolute atomic E-state index is 0.638. The Hall–Kier alpha value is 1.27. The van der Waals surface area contributed by atoms with E-state index in [-0.39, 0.29) is 0 Å². The van der Waals surface area contributed by atoms with E-state index >= 15 is 0 Å². The van der Waals surface area contributed by atoms with E-state index in [1.807, 2.05) is 20.1 Å². The molecule has 0 aliphatic carbocycles. The monoisotopic (exact) mass is 246 g/mol. The first-order chi connectivity index (χ1) is 5.68. The molecule has 0 bridgehead atoms. The number of thioether (sulfide) groups is 1. The largest absolute Gasteiger partial charge is 0.322 e. The zero-order chi connectivity index (χ0) is 9.45. The molecule has 0 saturated carbocycles. The van der Waals surface area contributed by atoms with Crippen molar-refractivity contribution in [2.24, 2.45) is 0 Å². The van der Waals surface area contributed by atoms with E-state index in [0.717, 1.165) is 5.08 Å². The lowest BCUT2D eigenvalue weighted by Crippen LogP contribution is -1.91. The second-order valence-corrected chi connectivity index (χ2v) is 9.36. The van der Waals surface area contributed by atoms with E-state index in [1.54, 1.807) is 23.1 Å². The van der Waals surface area contributed by atoms with Crippen LogP contribution in [0.25, 0.3) is 0 Å². The topological polar surface area (TPSA) is 18.5 Å². The Balaban J connectivity index is 3.90. The summed E-state index contributed by atoms with van der Waals surface area (Å²) in [6.45, 7) is 5.16. The zero-order valence-electron chi connectivity index (χ0n) is 7.61. The number of hydrogen-bond donors (Lipinski definition) is 0. The molecule has 2 nitrogen and oxygen atoms in total. The van der Waals surface area contributed by atoms with Crippen molar-refractivity contribution in [3.05, 3.63) is 0 Å². The molecule has 0 N–H and O–H groups in total. The van der Waals surface area contributed by atoms with Crippen molar-refractivity contribution in [2.75, 3.05) is 24.6 Å². The number of rotatable bonds is 7. The van der Waals surface area contributed by atoms with Crippen molar-refractivity contribution in [3.63, 3.8) is 0 Å². The Morgan fingerprint density at radius 1 is 1.25 bits per heavy atom. The summed E-state index contributed by atoms with van der Waals surface area (Å²) < 4.78 is 10.9. The second-order valence-electron chi connectivity index (χ2n) is 1.82. The second kappa shape index (κ2) is 7.65. The molecule has 0 amide bonds. The van der Waals surface area contributed by atoms with Crippen molar-refractivity contribution < 1.29 is 9.05 Å². The van der Waals surface area contributed by atoms with Gasteiger partial charge in [-0.05, 0) is 31.9 Å². The van der Waals surface area contributed by atoms with Gasteiger partial charge in [0.25, 0.3) is 0 Å². The molecule has 6 heteroatoms. The van der Waals surface area contributed by atoms with Gasteiger partial charge in [0.05, 0.1) is 13.2 Å². The Morgan fingerprint density at radius 3 is 2.08 bits per heavy atom. The van der Waals surface area contributed by atoms with Gasteiger partial charge in [0.15, 0.2) is 0 Å². The highest BCUT2D eigenvalue weighted by atomic mass is 32.9. The van der Waals surface area contributed by atoms with Gasteiger partial charge in [-0.3, -0.25) is 0 Å². The van der Waals surface area contributed by atoms with Gasteiger partial charge >= 0.3 is 0 Å². The van der Waals surface area contributed by atoms with Crippen LogP contribution in [0, 0.1) is 0 Å². The van der Waals surface area contributed by atoms with E-state index in [1.165, 1.54) is 0 Å². The van der Waals surface area contributed by atoms with Gasteiger partial charge < -0.3 is 9.05 Å². The summed E-state index contributed by atoms with van der Waals surface area (Å²) in [7, 11) is 0. The van der Waals surface area contributed by atoms with Crippen LogP contribution in [0.3, 0.4) is 0 Å². The Morgan fingerprint density at radius 2 is 1.75 bits per heavy atom. The third-order valence-corrected chi connectivity index (χ3v) is 7.84. The van der Waals surface area contributed by atoms with Crippen LogP contribution in [0.1, 0.15) is 13.8 Å². The van der Waals surface area contributed by atoms with Gasteiger partial charge in [-0.1, -0.05) is 11.4 Å². The molecule has 0 radical (unpaired) electrons. The van der Waals surface area contributed by atoms with Crippen molar-refractivity contribution in [2.45, 2.75) is 13.8 Å². The van der Waals surface area contributed by atoms with Gasteiger partial charge in [0.1, 0.15) is 0 Å². The SMILES string of the molecule is CCOP(=S)(OCC)SCSC. The summed E-state index contributed by atoms with van der Waals surface area (Å²) >= 11 is 8.64. The van der Waals surface area contributed by atoms with Gasteiger partial charge in [0.2, 0.25) is 5.69 Å². The predicted octanol–water partition coefficient (Wildman–Crippen LogP) is 3.34. The fraction of sp³-hybridized carbons (Fsp3) is 1.00. The third kappa shape index (κ3) is 5.84. The van der Waals surface area contributed by atoms with Crippen molar-refractivity contribution >= 4 is 40.6 Å². The summed E-state index contributed by atoms with van der Waals surface area (Å²) in [6, 6.07) is 0. The van der Waals surface area contributed by atoms with Crippen molar-refractivity contribution in [1.29, 1.82) is 0 Å². The maximum absolute atomic E-state index is 5.43. The van der Waals surface area contributed by atoms with E-state index < -0.39 is 5.69 Å². The maximum atomic E-state index is 5.43. The maximum Gasteiger partial charge on any atom is 0.248 e. The molecule has 0 aromatic heterocycles. The van der Waals surface area contributed by atoms with Crippen LogP contribution >= 0.6 is 28.8 Å². The molecule has 0 aliphatic heterocycles. The quantitative estimate of drug-likeness (QED) is 0.505. The summed E-state index contributed by atoms with van der Waals surface area (Å²) in [5.41, 5.74) is -2.01. The third-order valence-electron chi connectivity index (χ3n) is 0.903. The van der Waals surface area contributed by atoms with E-state index in [0.29, 0.717) is 13.2 Å². The fourth-order valence-electron chi connectivity index (χ4n) is 0.545. The molecule has 74 valence electrons. The lowest BCUT2D eigenvalue weighted by molar-refractivity contribution is 0.280.